The predicted molar refractivity (Wildman–Crippen MR) is 128 cm³/mol. The molecule has 0 bridgehead atoms. The molecular weight excluding hydrogens is 497 g/mol. The smallest absolute Gasteiger partial charge is 0.251 e. The molecule has 6 heteroatoms. The standard InChI is InChI=1S/C23H27ClIN3O/c1-28-11-10-15-12-16(2-3-17(15)14-28)23(29)27-19-6-4-18(5-7-19)26-20-8-9-22(25)21(24)13-20/h2-3,8-9,12-13,18-19,26H,4-7,10-11,14H2,1H3,(H,27,29). The lowest BCUT2D eigenvalue weighted by Gasteiger charge is -2.30. The average molecular weight is 524 g/mol. The fraction of sp³-hybridized carbons (Fsp3) is 0.435. The van der Waals surface area contributed by atoms with Gasteiger partial charge in [0.1, 0.15) is 0 Å². The summed E-state index contributed by atoms with van der Waals surface area (Å²) in [4.78, 5) is 15.1. The number of rotatable bonds is 4. The van der Waals surface area contributed by atoms with Crippen LogP contribution in [0.5, 0.6) is 0 Å². The first kappa shape index (κ1) is 20.9. The second-order valence-corrected chi connectivity index (χ2v) is 9.84. The van der Waals surface area contributed by atoms with Crippen LogP contribution in [-0.2, 0) is 13.0 Å². The summed E-state index contributed by atoms with van der Waals surface area (Å²) in [6.07, 6.45) is 5.11. The van der Waals surface area contributed by atoms with Crippen LogP contribution in [0.15, 0.2) is 36.4 Å². The number of benzene rings is 2. The molecule has 0 radical (unpaired) electrons. The van der Waals surface area contributed by atoms with Gasteiger partial charge in [-0.25, -0.2) is 0 Å². The molecule has 0 saturated heterocycles. The van der Waals surface area contributed by atoms with Crippen LogP contribution < -0.4 is 10.6 Å². The maximum absolute atomic E-state index is 12.8. The Morgan fingerprint density at radius 3 is 2.59 bits per heavy atom. The number of hydrogen-bond acceptors (Lipinski definition) is 3. The molecule has 1 amide bonds. The van der Waals surface area contributed by atoms with E-state index >= 15 is 0 Å². The fourth-order valence-electron chi connectivity index (χ4n) is 4.31. The second kappa shape index (κ2) is 9.23. The summed E-state index contributed by atoms with van der Waals surface area (Å²) in [5, 5.41) is 7.63. The molecule has 4 rings (SSSR count). The van der Waals surface area contributed by atoms with Crippen LogP contribution in [0.4, 0.5) is 5.69 Å². The number of carbonyl (C=O) groups is 1. The average Bonchev–Trinajstić information content (AvgIpc) is 2.72. The van der Waals surface area contributed by atoms with E-state index in [9.17, 15) is 4.79 Å². The van der Waals surface area contributed by atoms with E-state index in [2.05, 4.69) is 63.4 Å². The molecule has 1 saturated carbocycles. The van der Waals surface area contributed by atoms with Crippen molar-refractivity contribution in [1.82, 2.24) is 10.2 Å². The Kier molecular flexibility index (Phi) is 6.66. The molecule has 0 spiro atoms. The summed E-state index contributed by atoms with van der Waals surface area (Å²) in [6.45, 7) is 2.03. The molecule has 2 aromatic carbocycles. The van der Waals surface area contributed by atoms with Crippen LogP contribution in [0.2, 0.25) is 5.02 Å². The number of hydrogen-bond donors (Lipinski definition) is 2. The zero-order chi connectivity index (χ0) is 20.4. The molecule has 1 aliphatic carbocycles. The monoisotopic (exact) mass is 523 g/mol. The van der Waals surface area contributed by atoms with E-state index in [1.807, 2.05) is 18.2 Å². The highest BCUT2D eigenvalue weighted by Crippen LogP contribution is 2.27. The molecule has 2 aromatic rings. The Balaban J connectivity index is 1.29. The lowest BCUT2D eigenvalue weighted by Crippen LogP contribution is -2.40. The molecule has 0 atom stereocenters. The van der Waals surface area contributed by atoms with Crippen molar-refractivity contribution in [2.45, 2.75) is 50.7 Å². The van der Waals surface area contributed by atoms with Crippen molar-refractivity contribution >= 4 is 45.8 Å². The van der Waals surface area contributed by atoms with Gasteiger partial charge in [0.15, 0.2) is 0 Å². The van der Waals surface area contributed by atoms with Crippen molar-refractivity contribution in [3.8, 4) is 0 Å². The minimum Gasteiger partial charge on any atom is -0.382 e. The van der Waals surface area contributed by atoms with Crippen molar-refractivity contribution in [3.05, 3.63) is 61.7 Å². The highest BCUT2D eigenvalue weighted by molar-refractivity contribution is 14.1. The summed E-state index contributed by atoms with van der Waals surface area (Å²) >= 11 is 8.46. The molecular formula is C23H27ClIN3O. The number of carbonyl (C=O) groups excluding carboxylic acids is 1. The van der Waals surface area contributed by atoms with E-state index < -0.39 is 0 Å². The van der Waals surface area contributed by atoms with Crippen LogP contribution in [0.3, 0.4) is 0 Å². The summed E-state index contributed by atoms with van der Waals surface area (Å²) < 4.78 is 1.07. The van der Waals surface area contributed by atoms with Crippen molar-refractivity contribution < 1.29 is 4.79 Å². The maximum Gasteiger partial charge on any atom is 0.251 e. The largest absolute Gasteiger partial charge is 0.382 e. The first-order chi connectivity index (χ1) is 14.0. The normalized spacial score (nSPS) is 22.0. The van der Waals surface area contributed by atoms with E-state index in [0.717, 1.165) is 65.0 Å². The Morgan fingerprint density at radius 2 is 1.83 bits per heavy atom. The van der Waals surface area contributed by atoms with Crippen LogP contribution in [0, 0.1) is 3.57 Å². The van der Waals surface area contributed by atoms with Crippen molar-refractivity contribution in [2.24, 2.45) is 0 Å². The minimum absolute atomic E-state index is 0.0625. The Hall–Kier alpha value is -1.31. The van der Waals surface area contributed by atoms with Gasteiger partial charge >= 0.3 is 0 Å². The third-order valence-electron chi connectivity index (χ3n) is 6.02. The van der Waals surface area contributed by atoms with E-state index in [-0.39, 0.29) is 11.9 Å². The lowest BCUT2D eigenvalue weighted by molar-refractivity contribution is 0.0926. The fourth-order valence-corrected chi connectivity index (χ4v) is 4.82. The van der Waals surface area contributed by atoms with Gasteiger partial charge in [-0.05, 0) is 103 Å². The first-order valence-electron chi connectivity index (χ1n) is 10.3. The quantitative estimate of drug-likeness (QED) is 0.549. The number of amides is 1. The zero-order valence-corrected chi connectivity index (χ0v) is 19.6. The first-order valence-corrected chi connectivity index (χ1v) is 11.8. The van der Waals surface area contributed by atoms with Gasteiger partial charge in [0.05, 0.1) is 5.02 Å². The number of halogens is 2. The SMILES string of the molecule is CN1CCc2cc(C(=O)NC3CCC(Nc4ccc(I)c(Cl)c4)CC3)ccc2C1. The van der Waals surface area contributed by atoms with E-state index in [0.29, 0.717) is 6.04 Å². The van der Waals surface area contributed by atoms with Crippen molar-refractivity contribution in [1.29, 1.82) is 0 Å². The van der Waals surface area contributed by atoms with Gasteiger partial charge < -0.3 is 15.5 Å². The van der Waals surface area contributed by atoms with Crippen LogP contribution in [-0.4, -0.2) is 36.5 Å². The Morgan fingerprint density at radius 1 is 1.07 bits per heavy atom. The van der Waals surface area contributed by atoms with Gasteiger partial charge in [0.25, 0.3) is 5.91 Å². The summed E-state index contributed by atoms with van der Waals surface area (Å²) in [6, 6.07) is 13.0. The van der Waals surface area contributed by atoms with Gasteiger partial charge in [-0.2, -0.15) is 0 Å². The molecule has 1 aliphatic heterocycles. The predicted octanol–water partition coefficient (Wildman–Crippen LogP) is 5.09. The lowest BCUT2D eigenvalue weighted by atomic mass is 9.90. The molecule has 0 aromatic heterocycles. The summed E-state index contributed by atoms with van der Waals surface area (Å²) in [5.74, 6) is 0.0625. The maximum atomic E-state index is 12.8. The second-order valence-electron chi connectivity index (χ2n) is 8.27. The number of likely N-dealkylation sites (N-methyl/N-ethyl adjacent to an activating group) is 1. The highest BCUT2D eigenvalue weighted by atomic mass is 127. The third-order valence-corrected chi connectivity index (χ3v) is 7.60. The summed E-state index contributed by atoms with van der Waals surface area (Å²) in [7, 11) is 2.14. The van der Waals surface area contributed by atoms with E-state index in [1.54, 1.807) is 0 Å². The van der Waals surface area contributed by atoms with Crippen LogP contribution in [0.25, 0.3) is 0 Å². The molecule has 154 valence electrons. The Labute approximate surface area is 191 Å². The molecule has 1 heterocycles. The van der Waals surface area contributed by atoms with Gasteiger partial charge in [-0.15, -0.1) is 0 Å². The molecule has 4 nitrogen and oxygen atoms in total. The summed E-state index contributed by atoms with van der Waals surface area (Å²) in [5.41, 5.74) is 4.53. The molecule has 2 N–H and O–H groups in total. The van der Waals surface area contributed by atoms with Crippen molar-refractivity contribution in [2.75, 3.05) is 18.9 Å². The Bertz CT molecular complexity index is 896. The number of nitrogens with zero attached hydrogens (tertiary/aromatic N) is 1. The highest BCUT2D eigenvalue weighted by Gasteiger charge is 2.23. The molecule has 0 unspecified atom stereocenters. The number of nitrogens with one attached hydrogen (secondary N) is 2. The van der Waals surface area contributed by atoms with E-state index in [1.165, 1.54) is 11.1 Å². The molecule has 1 fully saturated rings. The van der Waals surface area contributed by atoms with Gasteiger partial charge in [0.2, 0.25) is 0 Å². The zero-order valence-electron chi connectivity index (χ0n) is 16.7. The van der Waals surface area contributed by atoms with Crippen LogP contribution >= 0.6 is 34.2 Å². The van der Waals surface area contributed by atoms with Gasteiger partial charge in [-0.1, -0.05) is 17.7 Å². The van der Waals surface area contributed by atoms with Gasteiger partial charge in [-0.3, -0.25) is 4.79 Å². The minimum atomic E-state index is 0.0625. The molecule has 2 aliphatic rings. The van der Waals surface area contributed by atoms with E-state index in [4.69, 9.17) is 11.6 Å². The third kappa shape index (κ3) is 5.25. The van der Waals surface area contributed by atoms with Crippen molar-refractivity contribution in [3.63, 3.8) is 0 Å². The van der Waals surface area contributed by atoms with Gasteiger partial charge in [0, 0.05) is 40.0 Å². The molecule has 29 heavy (non-hydrogen) atoms. The number of anilines is 1. The topological polar surface area (TPSA) is 44.4 Å². The number of fused-ring (bicyclic) bond motifs is 1. The van der Waals surface area contributed by atoms with Crippen LogP contribution in [0.1, 0.15) is 47.2 Å².